The van der Waals surface area contributed by atoms with Crippen molar-refractivity contribution in [2.24, 2.45) is 0 Å². The van der Waals surface area contributed by atoms with Gasteiger partial charge in [0.2, 0.25) is 0 Å². The van der Waals surface area contributed by atoms with Crippen LogP contribution < -0.4 is 0 Å². The van der Waals surface area contributed by atoms with Gasteiger partial charge >= 0.3 is 48.2 Å². The Labute approximate surface area is 48.5 Å². The van der Waals surface area contributed by atoms with E-state index in [9.17, 15) is 0 Å². The van der Waals surface area contributed by atoms with Gasteiger partial charge in [-0.05, 0) is 0 Å². The van der Waals surface area contributed by atoms with Crippen molar-refractivity contribution >= 4 is 21.6 Å². The molecular formula is C5H6Sb. The van der Waals surface area contributed by atoms with Crippen molar-refractivity contribution in [1.29, 1.82) is 0 Å². The summed E-state index contributed by atoms with van der Waals surface area (Å²) in [5, 5.41) is 0. The van der Waals surface area contributed by atoms with E-state index < -0.39 is 0 Å². The van der Waals surface area contributed by atoms with E-state index in [0.717, 1.165) is 0 Å². The Hall–Kier alpha value is 0.298. The standard InChI is InChI=1S/C5H5.Sb.H/c1-3-5-4-2;;/h1,3H,2H3;;. The third kappa shape index (κ3) is 0.878. The molecule has 0 saturated carbocycles. The van der Waals surface area contributed by atoms with Crippen molar-refractivity contribution in [3.63, 3.8) is 0 Å². The second-order valence-electron chi connectivity index (χ2n) is 1.25. The topological polar surface area (TPSA) is 0 Å². The van der Waals surface area contributed by atoms with Gasteiger partial charge in [-0.3, -0.25) is 0 Å². The molecule has 0 nitrogen and oxygen atoms in total. The molecule has 6 heavy (non-hydrogen) atoms. The Morgan fingerprint density at radius 1 is 1.83 bits per heavy atom. The number of rotatable bonds is 0. The second-order valence-corrected chi connectivity index (χ2v) is 5.16. The zero-order chi connectivity index (χ0) is 4.41. The molecule has 0 spiro atoms. The molecule has 0 unspecified atom stereocenters. The Morgan fingerprint density at radius 2 is 2.67 bits per heavy atom. The molecule has 0 saturated heterocycles. The van der Waals surface area contributed by atoms with E-state index in [2.05, 4.69) is 17.0 Å². The summed E-state index contributed by atoms with van der Waals surface area (Å²) in [5.74, 6) is 0. The molecule has 1 aliphatic rings. The van der Waals surface area contributed by atoms with E-state index in [1.54, 1.807) is 0 Å². The predicted octanol–water partition coefficient (Wildman–Crippen LogP) is 0.657. The van der Waals surface area contributed by atoms with Gasteiger partial charge in [-0.2, -0.15) is 0 Å². The maximum atomic E-state index is 3.13. The first-order valence-corrected chi connectivity index (χ1v) is 4.99. The van der Waals surface area contributed by atoms with Crippen LogP contribution in [0.5, 0.6) is 0 Å². The zero-order valence-corrected chi connectivity index (χ0v) is 6.51. The fourth-order valence-electron chi connectivity index (χ4n) is 0.375. The molecule has 1 aliphatic heterocycles. The predicted molar refractivity (Wildman–Crippen MR) is 28.7 cm³/mol. The third-order valence-corrected chi connectivity index (χ3v) is 3.28. The quantitative estimate of drug-likeness (QED) is 0.489. The SMILES string of the molecule is C[C]1=[C]C=[CH][SbH]1. The summed E-state index contributed by atoms with van der Waals surface area (Å²) in [6.07, 6.45) is 5.17. The van der Waals surface area contributed by atoms with E-state index in [1.807, 2.05) is 6.08 Å². The molecule has 0 aromatic carbocycles. The van der Waals surface area contributed by atoms with E-state index in [4.69, 9.17) is 0 Å². The molecule has 0 bridgehead atoms. The Kier molecular flexibility index (Phi) is 1.37. The molecule has 0 fully saturated rings. The zero-order valence-electron chi connectivity index (χ0n) is 3.65. The third-order valence-electron chi connectivity index (χ3n) is 0.683. The van der Waals surface area contributed by atoms with Gasteiger partial charge in [0.1, 0.15) is 0 Å². The normalized spacial score (nSPS) is 18.5. The molecule has 0 aromatic rings. The van der Waals surface area contributed by atoms with Gasteiger partial charge in [0.25, 0.3) is 0 Å². The van der Waals surface area contributed by atoms with Crippen LogP contribution in [0.1, 0.15) is 6.92 Å². The first-order valence-electron chi connectivity index (χ1n) is 1.91. The van der Waals surface area contributed by atoms with Crippen molar-refractivity contribution < 1.29 is 0 Å². The summed E-state index contributed by atoms with van der Waals surface area (Å²) in [6.45, 7) is 2.16. The summed E-state index contributed by atoms with van der Waals surface area (Å²) in [7, 11) is 0. The maximum absolute atomic E-state index is 3.13. The van der Waals surface area contributed by atoms with Crippen LogP contribution in [0.25, 0.3) is 0 Å². The van der Waals surface area contributed by atoms with E-state index in [1.165, 1.54) is 3.52 Å². The van der Waals surface area contributed by atoms with Crippen LogP contribution in [0.3, 0.4) is 0 Å². The molecule has 1 heterocycles. The first kappa shape index (κ1) is 4.46. The number of hydrogen-bond acceptors (Lipinski definition) is 0. The molecule has 0 aliphatic carbocycles. The molecule has 1 radical (unpaired) electrons. The Bertz CT molecular complexity index is 101. The van der Waals surface area contributed by atoms with Crippen LogP contribution in [-0.2, 0) is 0 Å². The summed E-state index contributed by atoms with van der Waals surface area (Å²) in [4.78, 5) is 0. The fourth-order valence-corrected chi connectivity index (χ4v) is 2.04. The van der Waals surface area contributed by atoms with Crippen molar-refractivity contribution in [2.45, 2.75) is 6.92 Å². The van der Waals surface area contributed by atoms with E-state index >= 15 is 0 Å². The molecule has 0 N–H and O–H groups in total. The van der Waals surface area contributed by atoms with Crippen LogP contribution >= 0.6 is 0 Å². The number of hydrogen-bond donors (Lipinski definition) is 0. The summed E-state index contributed by atoms with van der Waals surface area (Å²) in [5.41, 5.74) is 0. The monoisotopic (exact) mass is 187 g/mol. The van der Waals surface area contributed by atoms with Gasteiger partial charge in [0.05, 0.1) is 0 Å². The molecule has 31 valence electrons. The van der Waals surface area contributed by atoms with Gasteiger partial charge in [-0.15, -0.1) is 0 Å². The van der Waals surface area contributed by atoms with Gasteiger partial charge in [-0.25, -0.2) is 0 Å². The van der Waals surface area contributed by atoms with Gasteiger partial charge < -0.3 is 0 Å². The molecule has 0 atom stereocenters. The Balaban J connectivity index is 2.61. The van der Waals surface area contributed by atoms with Crippen LogP contribution in [0.4, 0.5) is 0 Å². The molecule has 0 aromatic heterocycles. The summed E-state index contributed by atoms with van der Waals surface area (Å²) < 4.78 is 3.79. The van der Waals surface area contributed by atoms with E-state index in [-0.39, 0.29) is 21.6 Å². The average Bonchev–Trinajstić information content (AvgIpc) is 1.86. The Morgan fingerprint density at radius 3 is 2.83 bits per heavy atom. The summed E-state index contributed by atoms with van der Waals surface area (Å²) >= 11 is -0.136. The first-order chi connectivity index (χ1) is 2.89. The van der Waals surface area contributed by atoms with Gasteiger partial charge in [0.15, 0.2) is 0 Å². The van der Waals surface area contributed by atoms with Crippen LogP contribution in [-0.4, -0.2) is 21.6 Å². The molecule has 0 amide bonds. The number of allylic oxidation sites excluding steroid dienone is 3. The van der Waals surface area contributed by atoms with Crippen molar-refractivity contribution in [2.75, 3.05) is 0 Å². The molecular weight excluding hydrogens is 182 g/mol. The second kappa shape index (κ2) is 1.84. The van der Waals surface area contributed by atoms with Crippen molar-refractivity contribution in [1.82, 2.24) is 0 Å². The summed E-state index contributed by atoms with van der Waals surface area (Å²) in [6, 6.07) is 0. The van der Waals surface area contributed by atoms with Gasteiger partial charge in [0, 0.05) is 0 Å². The minimum absolute atomic E-state index is 0.136. The molecule has 1 heteroatoms. The fraction of sp³-hybridized carbons (Fsp3) is 0.200. The van der Waals surface area contributed by atoms with Crippen molar-refractivity contribution in [3.8, 4) is 0 Å². The van der Waals surface area contributed by atoms with Crippen LogP contribution in [0, 0.1) is 6.08 Å². The van der Waals surface area contributed by atoms with Crippen LogP contribution in [0.2, 0.25) is 0 Å². The van der Waals surface area contributed by atoms with Gasteiger partial charge in [-0.1, -0.05) is 0 Å². The molecule has 1 rings (SSSR count). The average molecular weight is 188 g/mol. The van der Waals surface area contributed by atoms with Crippen LogP contribution in [0.15, 0.2) is 13.6 Å². The van der Waals surface area contributed by atoms with E-state index in [0.29, 0.717) is 0 Å². The van der Waals surface area contributed by atoms with Crippen molar-refractivity contribution in [3.05, 3.63) is 19.7 Å². The minimum atomic E-state index is -0.136.